The Morgan fingerprint density at radius 2 is 1.79 bits per heavy atom. The van der Waals surface area contributed by atoms with E-state index in [-0.39, 0.29) is 31.0 Å². The third kappa shape index (κ3) is 4.66. The van der Waals surface area contributed by atoms with Crippen molar-refractivity contribution in [1.29, 1.82) is 0 Å². The van der Waals surface area contributed by atoms with Gasteiger partial charge in [0.15, 0.2) is 5.78 Å². The van der Waals surface area contributed by atoms with E-state index in [1.54, 1.807) is 0 Å². The Kier molecular flexibility index (Phi) is 5.75. The van der Waals surface area contributed by atoms with Crippen molar-refractivity contribution >= 4 is 17.7 Å². The third-order valence-electron chi connectivity index (χ3n) is 4.73. The molecule has 130 valence electrons. The molecule has 0 radical (unpaired) electrons. The lowest BCUT2D eigenvalue weighted by Gasteiger charge is -2.28. The zero-order valence-electron chi connectivity index (χ0n) is 14.4. The minimum absolute atomic E-state index is 0.0509. The van der Waals surface area contributed by atoms with Crippen LogP contribution >= 0.6 is 0 Å². The smallest absolute Gasteiger partial charge is 0.305 e. The summed E-state index contributed by atoms with van der Waals surface area (Å²) in [6.07, 6.45) is 3.41. The molecule has 1 fully saturated rings. The van der Waals surface area contributed by atoms with Crippen LogP contribution in [0.2, 0.25) is 0 Å². The van der Waals surface area contributed by atoms with Crippen LogP contribution in [-0.4, -0.2) is 28.3 Å². The number of aliphatic carboxylic acids is 1. The molecule has 0 heterocycles. The quantitative estimate of drug-likeness (QED) is 0.752. The van der Waals surface area contributed by atoms with E-state index in [1.165, 1.54) is 0 Å². The fraction of sp³-hybridized carbons (Fsp3) is 0.526. The van der Waals surface area contributed by atoms with Gasteiger partial charge >= 0.3 is 5.97 Å². The van der Waals surface area contributed by atoms with Crippen molar-refractivity contribution in [2.75, 3.05) is 0 Å². The van der Waals surface area contributed by atoms with E-state index in [1.807, 2.05) is 32.0 Å². The molecule has 1 amide bonds. The summed E-state index contributed by atoms with van der Waals surface area (Å²) < 4.78 is 0. The van der Waals surface area contributed by atoms with Crippen molar-refractivity contribution in [1.82, 2.24) is 5.32 Å². The first-order valence-electron chi connectivity index (χ1n) is 8.45. The predicted molar refractivity (Wildman–Crippen MR) is 91.1 cm³/mol. The van der Waals surface area contributed by atoms with Gasteiger partial charge in [-0.25, -0.2) is 0 Å². The topological polar surface area (TPSA) is 83.5 Å². The highest BCUT2D eigenvalue weighted by atomic mass is 16.4. The summed E-state index contributed by atoms with van der Waals surface area (Å²) in [6, 6.07) is 5.70. The van der Waals surface area contributed by atoms with Gasteiger partial charge in [0.2, 0.25) is 5.91 Å². The number of amides is 1. The molecule has 0 aromatic heterocycles. The van der Waals surface area contributed by atoms with Gasteiger partial charge in [0.1, 0.15) is 0 Å². The van der Waals surface area contributed by atoms with Crippen LogP contribution < -0.4 is 5.32 Å². The fourth-order valence-corrected chi connectivity index (χ4v) is 3.44. The number of nitrogens with one attached hydrogen (secondary N) is 1. The highest BCUT2D eigenvalue weighted by Crippen LogP contribution is 2.32. The lowest BCUT2D eigenvalue weighted by Crippen LogP contribution is -2.47. The van der Waals surface area contributed by atoms with Gasteiger partial charge in [-0.1, -0.05) is 30.5 Å². The first-order valence-corrected chi connectivity index (χ1v) is 8.45. The lowest BCUT2D eigenvalue weighted by atomic mass is 9.92. The van der Waals surface area contributed by atoms with E-state index in [0.29, 0.717) is 18.4 Å². The van der Waals surface area contributed by atoms with Gasteiger partial charge in [0.05, 0.1) is 12.0 Å². The van der Waals surface area contributed by atoms with Crippen LogP contribution in [0.1, 0.15) is 66.4 Å². The number of benzene rings is 1. The molecule has 1 aliphatic rings. The number of hydrogen-bond acceptors (Lipinski definition) is 3. The van der Waals surface area contributed by atoms with E-state index < -0.39 is 11.5 Å². The highest BCUT2D eigenvalue weighted by Gasteiger charge is 2.37. The Balaban J connectivity index is 1.93. The first-order chi connectivity index (χ1) is 11.3. The Labute approximate surface area is 142 Å². The van der Waals surface area contributed by atoms with Gasteiger partial charge in [0.25, 0.3) is 0 Å². The van der Waals surface area contributed by atoms with E-state index in [4.69, 9.17) is 5.11 Å². The summed E-state index contributed by atoms with van der Waals surface area (Å²) in [7, 11) is 0. The molecule has 2 N–H and O–H groups in total. The molecule has 1 saturated carbocycles. The molecule has 5 heteroatoms. The maximum atomic E-state index is 12.3. The summed E-state index contributed by atoms with van der Waals surface area (Å²) >= 11 is 0. The average Bonchev–Trinajstić information content (AvgIpc) is 2.94. The molecule has 0 atom stereocenters. The Morgan fingerprint density at radius 1 is 1.12 bits per heavy atom. The largest absolute Gasteiger partial charge is 0.481 e. The van der Waals surface area contributed by atoms with Gasteiger partial charge in [-0.2, -0.15) is 0 Å². The maximum absolute atomic E-state index is 12.3. The second-order valence-corrected chi connectivity index (χ2v) is 6.85. The number of carbonyl (C=O) groups excluding carboxylic acids is 2. The summed E-state index contributed by atoms with van der Waals surface area (Å²) in [4.78, 5) is 35.6. The second kappa shape index (κ2) is 7.60. The van der Waals surface area contributed by atoms with Gasteiger partial charge in [-0.3, -0.25) is 14.4 Å². The van der Waals surface area contributed by atoms with Crippen LogP contribution in [0.5, 0.6) is 0 Å². The second-order valence-electron chi connectivity index (χ2n) is 6.85. The molecule has 1 aromatic carbocycles. The molecular formula is C19H25NO4. The maximum Gasteiger partial charge on any atom is 0.305 e. The molecule has 0 unspecified atom stereocenters. The number of aryl methyl sites for hydroxylation is 2. The Hall–Kier alpha value is -2.17. The van der Waals surface area contributed by atoms with Crippen LogP contribution in [0.4, 0.5) is 0 Å². The summed E-state index contributed by atoms with van der Waals surface area (Å²) in [5, 5.41) is 12.0. The third-order valence-corrected chi connectivity index (χ3v) is 4.73. The molecular weight excluding hydrogens is 306 g/mol. The van der Waals surface area contributed by atoms with E-state index >= 15 is 0 Å². The van der Waals surface area contributed by atoms with Gasteiger partial charge in [-0.05, 0) is 38.3 Å². The Bertz CT molecular complexity index is 645. The van der Waals surface area contributed by atoms with Crippen molar-refractivity contribution in [2.24, 2.45) is 0 Å². The highest BCUT2D eigenvalue weighted by molar-refractivity contribution is 5.99. The van der Waals surface area contributed by atoms with Crippen molar-refractivity contribution in [2.45, 2.75) is 64.3 Å². The van der Waals surface area contributed by atoms with Crippen molar-refractivity contribution in [3.05, 3.63) is 34.9 Å². The first kappa shape index (κ1) is 18.2. The number of rotatable bonds is 7. The van der Waals surface area contributed by atoms with E-state index in [2.05, 4.69) is 5.32 Å². The van der Waals surface area contributed by atoms with Crippen LogP contribution in [0.25, 0.3) is 0 Å². The van der Waals surface area contributed by atoms with Crippen LogP contribution in [0, 0.1) is 13.8 Å². The van der Waals surface area contributed by atoms with Crippen molar-refractivity contribution in [3.63, 3.8) is 0 Å². The van der Waals surface area contributed by atoms with Crippen molar-refractivity contribution < 1.29 is 19.5 Å². The SMILES string of the molecule is Cc1ccc(C)c(C(=O)CCC(=O)NC2(CC(=O)O)CCCC2)c1. The normalized spacial score (nSPS) is 15.9. The summed E-state index contributed by atoms with van der Waals surface area (Å²) in [5.74, 6) is -1.19. The van der Waals surface area contributed by atoms with Gasteiger partial charge in [-0.15, -0.1) is 0 Å². The number of carboxylic acids is 1. The minimum atomic E-state index is -0.899. The van der Waals surface area contributed by atoms with Crippen LogP contribution in [-0.2, 0) is 9.59 Å². The van der Waals surface area contributed by atoms with Gasteiger partial charge in [0, 0.05) is 18.4 Å². The number of carboxylic acid groups (broad SMARTS) is 1. The lowest BCUT2D eigenvalue weighted by molar-refractivity contribution is -0.139. The fourth-order valence-electron chi connectivity index (χ4n) is 3.44. The van der Waals surface area contributed by atoms with Crippen LogP contribution in [0.3, 0.4) is 0 Å². The average molecular weight is 331 g/mol. The molecule has 24 heavy (non-hydrogen) atoms. The standard InChI is InChI=1S/C19H25NO4/c1-13-5-6-14(2)15(11-13)16(21)7-8-17(22)20-19(12-18(23)24)9-3-4-10-19/h5-6,11H,3-4,7-10,12H2,1-2H3,(H,20,22)(H,23,24). The van der Waals surface area contributed by atoms with E-state index in [9.17, 15) is 14.4 Å². The zero-order valence-corrected chi connectivity index (χ0v) is 14.4. The number of ketones is 1. The Morgan fingerprint density at radius 3 is 2.42 bits per heavy atom. The van der Waals surface area contributed by atoms with Crippen molar-refractivity contribution in [3.8, 4) is 0 Å². The molecule has 0 aliphatic heterocycles. The molecule has 5 nitrogen and oxygen atoms in total. The predicted octanol–water partition coefficient (Wildman–Crippen LogP) is 3.17. The molecule has 2 rings (SSSR count). The molecule has 1 aliphatic carbocycles. The summed E-state index contributed by atoms with van der Waals surface area (Å²) in [6.45, 7) is 3.81. The molecule has 0 spiro atoms. The van der Waals surface area contributed by atoms with Gasteiger partial charge < -0.3 is 10.4 Å². The number of hydrogen-bond donors (Lipinski definition) is 2. The van der Waals surface area contributed by atoms with E-state index in [0.717, 1.165) is 24.0 Å². The van der Waals surface area contributed by atoms with Crippen LogP contribution in [0.15, 0.2) is 18.2 Å². The molecule has 0 saturated heterocycles. The summed E-state index contributed by atoms with van der Waals surface area (Å²) in [5.41, 5.74) is 1.94. The monoisotopic (exact) mass is 331 g/mol. The molecule has 0 bridgehead atoms. The minimum Gasteiger partial charge on any atom is -0.481 e. The molecule has 1 aromatic rings. The number of carbonyl (C=O) groups is 3. The zero-order chi connectivity index (χ0) is 17.7. The number of Topliss-reactive ketones (excluding diaryl/α,β-unsaturated/α-hetero) is 1.